The van der Waals surface area contributed by atoms with Gasteiger partial charge in [-0.2, -0.15) is 18.3 Å². The fourth-order valence-corrected chi connectivity index (χ4v) is 5.80. The summed E-state index contributed by atoms with van der Waals surface area (Å²) < 4.78 is 62.5. The Kier molecular flexibility index (Phi) is 6.65. The molecule has 188 valence electrons. The Hall–Kier alpha value is -2.05. The van der Waals surface area contributed by atoms with Gasteiger partial charge in [0.05, 0.1) is 10.7 Å². The molecular weight excluding hydrogens is 604 g/mol. The summed E-state index contributed by atoms with van der Waals surface area (Å²) in [5.41, 5.74) is -0.701. The third kappa shape index (κ3) is 4.24. The Bertz CT molecular complexity index is 1440. The molecule has 1 atom stereocenters. The van der Waals surface area contributed by atoms with Crippen molar-refractivity contribution in [3.63, 3.8) is 0 Å². The number of aromatic nitrogens is 4. The van der Waals surface area contributed by atoms with Crippen LogP contribution in [0.5, 0.6) is 0 Å². The molecule has 5 rings (SSSR count). The maximum Gasteiger partial charge on any atom is 0.403 e. The number of hydrogen-bond donors (Lipinski definition) is 0. The molecule has 1 aliphatic carbocycles. The van der Waals surface area contributed by atoms with Gasteiger partial charge < -0.3 is 8.97 Å². The van der Waals surface area contributed by atoms with Gasteiger partial charge in [-0.25, -0.2) is 4.68 Å². The van der Waals surface area contributed by atoms with E-state index in [0.717, 1.165) is 4.47 Å². The average molecular weight is 620 g/mol. The molecule has 0 N–H and O–H groups in total. The highest BCUT2D eigenvalue weighted by Gasteiger charge is 2.63. The second kappa shape index (κ2) is 9.36. The monoisotopic (exact) mass is 618 g/mol. The lowest BCUT2D eigenvalue weighted by Gasteiger charge is -2.39. The van der Waals surface area contributed by atoms with Gasteiger partial charge in [-0.05, 0) is 54.3 Å². The Labute approximate surface area is 225 Å². The fraction of sp³-hybridized carbons (Fsp3) is 0.261. The lowest BCUT2D eigenvalue weighted by molar-refractivity contribution is -0.219. The van der Waals surface area contributed by atoms with Crippen molar-refractivity contribution >= 4 is 50.3 Å². The summed E-state index contributed by atoms with van der Waals surface area (Å²) in [7, 11) is 0. The van der Waals surface area contributed by atoms with Gasteiger partial charge >= 0.3 is 6.18 Å². The molecule has 0 saturated heterocycles. The second-order valence-electron chi connectivity index (χ2n) is 8.34. The number of hydrogen-bond acceptors (Lipinski definition) is 5. The van der Waals surface area contributed by atoms with E-state index in [-0.39, 0.29) is 34.3 Å². The fourth-order valence-electron chi connectivity index (χ4n) is 4.17. The smallest absolute Gasteiger partial charge is 0.403 e. The van der Waals surface area contributed by atoms with E-state index in [1.165, 1.54) is 17.0 Å². The molecule has 1 fully saturated rings. The Morgan fingerprint density at radius 1 is 1.11 bits per heavy atom. The van der Waals surface area contributed by atoms with Crippen molar-refractivity contribution < 1.29 is 22.1 Å². The summed E-state index contributed by atoms with van der Waals surface area (Å²) >= 11 is 14.3. The van der Waals surface area contributed by atoms with Crippen molar-refractivity contribution in [1.82, 2.24) is 20.0 Å². The summed E-state index contributed by atoms with van der Waals surface area (Å²) in [5.74, 6) is -0.777. The highest BCUT2D eigenvalue weighted by atomic mass is 79.9. The quantitative estimate of drug-likeness (QED) is 0.218. The highest BCUT2D eigenvalue weighted by Crippen LogP contribution is 2.54. The molecule has 13 heteroatoms. The van der Waals surface area contributed by atoms with Crippen LogP contribution in [0, 0.1) is 0 Å². The van der Waals surface area contributed by atoms with Crippen LogP contribution in [0.4, 0.5) is 13.2 Å². The molecule has 4 aromatic rings. The van der Waals surface area contributed by atoms with Crippen molar-refractivity contribution in [3.05, 3.63) is 62.9 Å². The van der Waals surface area contributed by atoms with Gasteiger partial charge in [0.1, 0.15) is 17.4 Å². The minimum Gasteiger partial charge on any atom is -0.612 e. The lowest BCUT2D eigenvalue weighted by atomic mass is 9.68. The van der Waals surface area contributed by atoms with E-state index in [1.54, 1.807) is 36.4 Å². The van der Waals surface area contributed by atoms with Crippen molar-refractivity contribution in [1.29, 1.82) is 0 Å². The maximum atomic E-state index is 13.9. The summed E-state index contributed by atoms with van der Waals surface area (Å²) in [6.45, 7) is 0. The maximum absolute atomic E-state index is 13.9. The molecule has 0 amide bonds. The Morgan fingerprint density at radius 2 is 1.81 bits per heavy atom. The molecule has 0 bridgehead atoms. The minimum atomic E-state index is -4.54. The van der Waals surface area contributed by atoms with E-state index in [4.69, 9.17) is 27.6 Å². The van der Waals surface area contributed by atoms with Gasteiger partial charge in [-0.15, -0.1) is 10.2 Å². The number of halogens is 6. The standard InChI is InChI=1S/C23H16BrCl2F3N4O2S/c1-36(34)19-17(20-30-31-21(35-20)22(9-2-10-22)23(27,28)29)32-33(16-8-7-14(25)11-15(16)26)18(19)12-3-5-13(24)6-4-12/h3-8,11H,2,9-10H2,1H3. The SMILES string of the molecule is C[S+]([O-])c1c(-c2nnc(C3(C(F)(F)F)CCC3)o2)nn(-c2ccc(Cl)cc2Cl)c1-c1ccc(Br)cc1. The van der Waals surface area contributed by atoms with Crippen LogP contribution in [0.25, 0.3) is 28.5 Å². The molecular formula is C23H16BrCl2F3N4O2S. The molecule has 2 heterocycles. The topological polar surface area (TPSA) is 79.8 Å². The first-order valence-corrected chi connectivity index (χ1v) is 13.7. The van der Waals surface area contributed by atoms with Crippen molar-refractivity contribution in [2.45, 2.75) is 35.7 Å². The largest absolute Gasteiger partial charge is 0.612 e. The molecule has 0 spiro atoms. The molecule has 1 aliphatic rings. The summed E-state index contributed by atoms with van der Waals surface area (Å²) in [6.07, 6.45) is -2.96. The summed E-state index contributed by atoms with van der Waals surface area (Å²) in [4.78, 5) is 0.216. The van der Waals surface area contributed by atoms with Crippen molar-refractivity contribution in [3.8, 4) is 28.5 Å². The molecule has 1 unspecified atom stereocenters. The van der Waals surface area contributed by atoms with Gasteiger partial charge in [-0.3, -0.25) is 0 Å². The Balaban J connectivity index is 1.74. The third-order valence-corrected chi connectivity index (χ3v) is 8.20. The van der Waals surface area contributed by atoms with E-state index in [0.29, 0.717) is 28.4 Å². The molecule has 2 aromatic carbocycles. The summed E-state index contributed by atoms with van der Waals surface area (Å²) in [5, 5.41) is 12.9. The summed E-state index contributed by atoms with van der Waals surface area (Å²) in [6, 6.07) is 12.0. The van der Waals surface area contributed by atoms with Gasteiger partial charge in [0.2, 0.25) is 16.5 Å². The zero-order valence-corrected chi connectivity index (χ0v) is 22.4. The third-order valence-electron chi connectivity index (χ3n) is 6.17. The molecule has 0 radical (unpaired) electrons. The van der Waals surface area contributed by atoms with Crippen LogP contribution in [0.15, 0.2) is 56.2 Å². The number of alkyl halides is 3. The first-order chi connectivity index (χ1) is 17.0. The normalized spacial score (nSPS) is 16.1. The Morgan fingerprint density at radius 3 is 2.36 bits per heavy atom. The predicted molar refractivity (Wildman–Crippen MR) is 134 cm³/mol. The lowest BCUT2D eigenvalue weighted by Crippen LogP contribution is -2.48. The number of nitrogens with zero attached hydrogens (tertiary/aromatic N) is 4. The van der Waals surface area contributed by atoms with E-state index in [2.05, 4.69) is 31.2 Å². The van der Waals surface area contributed by atoms with Gasteiger partial charge in [-0.1, -0.05) is 57.7 Å². The van der Waals surface area contributed by atoms with Crippen LogP contribution in [-0.2, 0) is 16.6 Å². The zero-order chi connectivity index (χ0) is 25.8. The molecule has 6 nitrogen and oxygen atoms in total. The van der Waals surface area contributed by atoms with Gasteiger partial charge in [0, 0.05) is 15.1 Å². The predicted octanol–water partition coefficient (Wildman–Crippen LogP) is 7.38. The minimum absolute atomic E-state index is 0.00941. The van der Waals surface area contributed by atoms with Crippen LogP contribution in [0.1, 0.15) is 25.2 Å². The van der Waals surface area contributed by atoms with Crippen LogP contribution >= 0.6 is 39.1 Å². The first-order valence-electron chi connectivity index (χ1n) is 10.6. The number of benzene rings is 2. The molecule has 36 heavy (non-hydrogen) atoms. The van der Waals surface area contributed by atoms with Crippen LogP contribution in [0.3, 0.4) is 0 Å². The van der Waals surface area contributed by atoms with E-state index >= 15 is 0 Å². The van der Waals surface area contributed by atoms with Crippen molar-refractivity contribution in [2.24, 2.45) is 0 Å². The second-order valence-corrected chi connectivity index (χ2v) is 11.4. The first kappa shape index (κ1) is 25.6. The number of rotatable bonds is 5. The van der Waals surface area contributed by atoms with Crippen molar-refractivity contribution in [2.75, 3.05) is 6.26 Å². The van der Waals surface area contributed by atoms with E-state index < -0.39 is 28.7 Å². The van der Waals surface area contributed by atoms with Crippen LogP contribution in [0.2, 0.25) is 10.0 Å². The molecule has 1 saturated carbocycles. The van der Waals surface area contributed by atoms with Crippen LogP contribution in [-0.4, -0.2) is 37.0 Å². The van der Waals surface area contributed by atoms with Gasteiger partial charge in [0.25, 0.3) is 5.89 Å². The van der Waals surface area contributed by atoms with Crippen LogP contribution < -0.4 is 0 Å². The highest BCUT2D eigenvalue weighted by molar-refractivity contribution is 9.10. The van der Waals surface area contributed by atoms with E-state index in [9.17, 15) is 17.7 Å². The van der Waals surface area contributed by atoms with E-state index in [1.807, 2.05) is 0 Å². The average Bonchev–Trinajstić information content (AvgIpc) is 3.38. The zero-order valence-electron chi connectivity index (χ0n) is 18.4. The molecule has 0 aliphatic heterocycles. The van der Waals surface area contributed by atoms with Gasteiger partial charge in [0.15, 0.2) is 0 Å². The molecule has 2 aromatic heterocycles.